The number of hydrogen-bond acceptors (Lipinski definition) is 4. The SMILES string of the molecule is CC(C(=O)N1CCN(CCN(C)Cc2ccccc2)CC1)C(N)c1ccccc1.Cl.Cl. The summed E-state index contributed by atoms with van der Waals surface area (Å²) in [5.74, 6) is -0.0387. The number of benzene rings is 2. The molecule has 2 aromatic carbocycles. The summed E-state index contributed by atoms with van der Waals surface area (Å²) >= 11 is 0. The highest BCUT2D eigenvalue weighted by Crippen LogP contribution is 2.21. The van der Waals surface area contributed by atoms with Crippen molar-refractivity contribution in [3.63, 3.8) is 0 Å². The number of amides is 1. The number of hydrogen-bond donors (Lipinski definition) is 1. The highest BCUT2D eigenvalue weighted by atomic mass is 35.5. The molecule has 0 bridgehead atoms. The minimum Gasteiger partial charge on any atom is -0.340 e. The van der Waals surface area contributed by atoms with Crippen LogP contribution in [0, 0.1) is 5.92 Å². The van der Waals surface area contributed by atoms with Crippen LogP contribution in [0.25, 0.3) is 0 Å². The molecule has 2 unspecified atom stereocenters. The lowest BCUT2D eigenvalue weighted by Gasteiger charge is -2.37. The van der Waals surface area contributed by atoms with Gasteiger partial charge in [-0.05, 0) is 18.2 Å². The topological polar surface area (TPSA) is 52.8 Å². The van der Waals surface area contributed by atoms with Gasteiger partial charge in [-0.15, -0.1) is 24.8 Å². The van der Waals surface area contributed by atoms with Gasteiger partial charge in [-0.1, -0.05) is 67.6 Å². The number of carbonyl (C=O) groups is 1. The number of piperazine rings is 1. The molecule has 1 saturated heterocycles. The van der Waals surface area contributed by atoms with Gasteiger partial charge < -0.3 is 15.5 Å². The maximum atomic E-state index is 12.9. The quantitative estimate of drug-likeness (QED) is 0.647. The molecule has 1 heterocycles. The van der Waals surface area contributed by atoms with Crippen molar-refractivity contribution in [3.05, 3.63) is 71.8 Å². The van der Waals surface area contributed by atoms with E-state index < -0.39 is 0 Å². The van der Waals surface area contributed by atoms with Gasteiger partial charge in [-0.25, -0.2) is 0 Å². The number of carbonyl (C=O) groups excluding carboxylic acids is 1. The van der Waals surface area contributed by atoms with E-state index in [-0.39, 0.29) is 42.7 Å². The fourth-order valence-corrected chi connectivity index (χ4v) is 3.88. The molecule has 5 nitrogen and oxygen atoms in total. The van der Waals surface area contributed by atoms with Crippen LogP contribution in [0.15, 0.2) is 60.7 Å². The standard InChI is InChI=1S/C24H34N4O.2ClH/c1-20(23(25)22-11-7-4-8-12-22)24(29)28-17-15-27(16-18-28)14-13-26(2)19-21-9-5-3-6-10-21;;/h3-12,20,23H,13-19,25H2,1-2H3;2*1H. The molecule has 172 valence electrons. The van der Waals surface area contributed by atoms with Gasteiger partial charge in [0.1, 0.15) is 0 Å². The Morgan fingerprint density at radius 2 is 1.52 bits per heavy atom. The second-order valence-corrected chi connectivity index (χ2v) is 8.12. The van der Waals surface area contributed by atoms with Crippen LogP contribution in [0.4, 0.5) is 0 Å². The van der Waals surface area contributed by atoms with Crippen LogP contribution in [-0.4, -0.2) is 66.9 Å². The largest absolute Gasteiger partial charge is 0.340 e. The van der Waals surface area contributed by atoms with Crippen LogP contribution in [0.3, 0.4) is 0 Å². The summed E-state index contributed by atoms with van der Waals surface area (Å²) in [5, 5.41) is 0. The van der Waals surface area contributed by atoms with Crippen molar-refractivity contribution in [1.29, 1.82) is 0 Å². The fraction of sp³-hybridized carbons (Fsp3) is 0.458. The molecule has 1 amide bonds. The minimum absolute atomic E-state index is 0. The van der Waals surface area contributed by atoms with Gasteiger partial charge in [-0.2, -0.15) is 0 Å². The maximum absolute atomic E-state index is 12.9. The van der Waals surface area contributed by atoms with E-state index in [4.69, 9.17) is 5.73 Å². The number of rotatable bonds is 8. The zero-order valence-electron chi connectivity index (χ0n) is 18.5. The average molecular weight is 467 g/mol. The first-order valence-corrected chi connectivity index (χ1v) is 10.6. The van der Waals surface area contributed by atoms with Crippen molar-refractivity contribution in [2.75, 3.05) is 46.3 Å². The van der Waals surface area contributed by atoms with E-state index in [0.29, 0.717) is 0 Å². The summed E-state index contributed by atoms with van der Waals surface area (Å²) < 4.78 is 0. The van der Waals surface area contributed by atoms with Gasteiger partial charge in [0.2, 0.25) is 5.91 Å². The van der Waals surface area contributed by atoms with Crippen LogP contribution in [0.2, 0.25) is 0 Å². The van der Waals surface area contributed by atoms with Crippen LogP contribution in [0.5, 0.6) is 0 Å². The maximum Gasteiger partial charge on any atom is 0.227 e. The summed E-state index contributed by atoms with van der Waals surface area (Å²) in [4.78, 5) is 19.7. The third-order valence-electron chi connectivity index (χ3n) is 5.89. The predicted octanol–water partition coefficient (Wildman–Crippen LogP) is 3.44. The van der Waals surface area contributed by atoms with E-state index in [0.717, 1.165) is 51.4 Å². The first-order valence-electron chi connectivity index (χ1n) is 10.6. The summed E-state index contributed by atoms with van der Waals surface area (Å²) in [5.41, 5.74) is 8.72. The van der Waals surface area contributed by atoms with Crippen molar-refractivity contribution in [2.24, 2.45) is 11.7 Å². The van der Waals surface area contributed by atoms with Crippen molar-refractivity contribution >= 4 is 30.7 Å². The molecule has 0 saturated carbocycles. The molecular formula is C24H36Cl2N4O. The molecule has 3 rings (SSSR count). The first kappa shape index (κ1) is 27.4. The second kappa shape index (κ2) is 13.7. The second-order valence-electron chi connectivity index (χ2n) is 8.12. The summed E-state index contributed by atoms with van der Waals surface area (Å²) in [7, 11) is 2.17. The van der Waals surface area contributed by atoms with E-state index in [1.54, 1.807) is 0 Å². The molecule has 0 radical (unpaired) electrons. The van der Waals surface area contributed by atoms with Crippen molar-refractivity contribution in [3.8, 4) is 0 Å². The summed E-state index contributed by atoms with van der Waals surface area (Å²) in [6.45, 7) is 8.40. The van der Waals surface area contributed by atoms with E-state index >= 15 is 0 Å². The third kappa shape index (κ3) is 8.09. The molecule has 0 aliphatic carbocycles. The molecule has 2 atom stereocenters. The molecule has 1 aliphatic heterocycles. The summed E-state index contributed by atoms with van der Waals surface area (Å²) in [6, 6.07) is 20.2. The minimum atomic E-state index is -0.256. The van der Waals surface area contributed by atoms with E-state index in [2.05, 4.69) is 47.2 Å². The highest BCUT2D eigenvalue weighted by molar-refractivity contribution is 5.85. The number of likely N-dealkylation sites (N-methyl/N-ethyl adjacent to an activating group) is 1. The Bertz CT molecular complexity index is 755. The molecule has 0 aromatic heterocycles. The lowest BCUT2D eigenvalue weighted by atomic mass is 9.94. The lowest BCUT2D eigenvalue weighted by Crippen LogP contribution is -2.52. The Labute approximate surface area is 199 Å². The predicted molar refractivity (Wildman–Crippen MR) is 133 cm³/mol. The smallest absolute Gasteiger partial charge is 0.227 e. The normalized spacial score (nSPS) is 16.2. The van der Waals surface area contributed by atoms with Crippen molar-refractivity contribution in [1.82, 2.24) is 14.7 Å². The Balaban J connectivity index is 0.00000240. The van der Waals surface area contributed by atoms with Gasteiger partial charge in [0.15, 0.2) is 0 Å². The Morgan fingerprint density at radius 1 is 0.968 bits per heavy atom. The highest BCUT2D eigenvalue weighted by Gasteiger charge is 2.29. The molecular weight excluding hydrogens is 431 g/mol. The van der Waals surface area contributed by atoms with E-state index in [9.17, 15) is 4.79 Å². The Morgan fingerprint density at radius 3 is 2.10 bits per heavy atom. The van der Waals surface area contributed by atoms with E-state index in [1.807, 2.05) is 42.2 Å². The van der Waals surface area contributed by atoms with Gasteiger partial charge >= 0.3 is 0 Å². The van der Waals surface area contributed by atoms with Crippen LogP contribution in [-0.2, 0) is 11.3 Å². The lowest BCUT2D eigenvalue weighted by molar-refractivity contribution is -0.137. The molecule has 7 heteroatoms. The molecule has 1 fully saturated rings. The average Bonchev–Trinajstić information content (AvgIpc) is 2.78. The summed E-state index contributed by atoms with van der Waals surface area (Å²) in [6.07, 6.45) is 0. The van der Waals surface area contributed by atoms with Gasteiger partial charge in [0.05, 0.1) is 5.92 Å². The zero-order valence-corrected chi connectivity index (χ0v) is 20.2. The fourth-order valence-electron chi connectivity index (χ4n) is 3.88. The van der Waals surface area contributed by atoms with Gasteiger partial charge in [0.25, 0.3) is 0 Å². The van der Waals surface area contributed by atoms with Crippen LogP contribution >= 0.6 is 24.8 Å². The van der Waals surface area contributed by atoms with Gasteiger partial charge in [0, 0.05) is 51.9 Å². The monoisotopic (exact) mass is 466 g/mol. The van der Waals surface area contributed by atoms with Crippen molar-refractivity contribution < 1.29 is 4.79 Å². The Hall–Kier alpha value is -1.63. The number of halogens is 2. The van der Waals surface area contributed by atoms with Crippen LogP contribution in [0.1, 0.15) is 24.1 Å². The Kier molecular flexibility index (Phi) is 12.1. The number of nitrogens with zero attached hydrogens (tertiary/aromatic N) is 3. The molecule has 2 aromatic rings. The van der Waals surface area contributed by atoms with Crippen LogP contribution < -0.4 is 5.73 Å². The third-order valence-corrected chi connectivity index (χ3v) is 5.89. The van der Waals surface area contributed by atoms with Gasteiger partial charge in [-0.3, -0.25) is 9.69 Å². The molecule has 1 aliphatic rings. The van der Waals surface area contributed by atoms with E-state index in [1.165, 1.54) is 5.56 Å². The zero-order chi connectivity index (χ0) is 20.6. The molecule has 31 heavy (non-hydrogen) atoms. The molecule has 2 N–H and O–H groups in total. The molecule has 0 spiro atoms. The first-order chi connectivity index (χ1) is 14.0. The number of nitrogens with two attached hydrogens (primary N) is 1. The van der Waals surface area contributed by atoms with Crippen molar-refractivity contribution in [2.45, 2.75) is 19.5 Å².